The van der Waals surface area contributed by atoms with Crippen LogP contribution in [0.2, 0.25) is 0 Å². The second-order valence-electron chi connectivity index (χ2n) is 4.15. The van der Waals surface area contributed by atoms with E-state index >= 15 is 0 Å². The summed E-state index contributed by atoms with van der Waals surface area (Å²) in [6.07, 6.45) is 3.08. The molecule has 17 heavy (non-hydrogen) atoms. The number of halogens is 1. The van der Waals surface area contributed by atoms with Crippen molar-refractivity contribution in [2.24, 2.45) is 0 Å². The van der Waals surface area contributed by atoms with Crippen LogP contribution in [0.4, 0.5) is 5.13 Å². The molecule has 2 rings (SSSR count). The Morgan fingerprint density at radius 3 is 2.94 bits per heavy atom. The van der Waals surface area contributed by atoms with Gasteiger partial charge in [-0.25, -0.2) is 0 Å². The van der Waals surface area contributed by atoms with Crippen molar-refractivity contribution in [2.75, 3.05) is 18.0 Å². The molecule has 1 amide bonds. The molecule has 1 saturated heterocycles. The van der Waals surface area contributed by atoms with Crippen molar-refractivity contribution in [3.8, 4) is 0 Å². The maximum absolute atomic E-state index is 11.0. The molecule has 1 aliphatic heterocycles. The van der Waals surface area contributed by atoms with E-state index in [4.69, 9.17) is 0 Å². The highest BCUT2D eigenvalue weighted by Crippen LogP contribution is 2.26. The van der Waals surface area contributed by atoms with Gasteiger partial charge in [-0.05, 0) is 35.2 Å². The number of carbonyl (C=O) groups excluding carboxylic acids is 1. The smallest absolute Gasteiger partial charge is 0.217 e. The van der Waals surface area contributed by atoms with E-state index in [0.29, 0.717) is 6.04 Å². The lowest BCUT2D eigenvalue weighted by Crippen LogP contribution is -2.34. The molecular weight excluding hydrogens is 304 g/mol. The number of hydrogen-bond acceptors (Lipinski definition) is 5. The molecule has 94 valence electrons. The molecule has 2 heterocycles. The fourth-order valence-electron chi connectivity index (χ4n) is 2.05. The standard InChI is InChI=1S/C10H15BrN4OS/c1-7(16)12-8-3-2-5-15(6-4-8)10-14-13-9(11)17-10/h8H,2-6H2,1H3,(H,12,16). The van der Waals surface area contributed by atoms with Gasteiger partial charge in [0.05, 0.1) is 0 Å². The molecule has 1 fully saturated rings. The van der Waals surface area contributed by atoms with Crippen molar-refractivity contribution < 1.29 is 4.79 Å². The van der Waals surface area contributed by atoms with Crippen LogP contribution in [0.5, 0.6) is 0 Å². The van der Waals surface area contributed by atoms with Gasteiger partial charge in [-0.15, -0.1) is 10.2 Å². The van der Waals surface area contributed by atoms with Crippen LogP contribution in [0.3, 0.4) is 0 Å². The minimum atomic E-state index is 0.0575. The average molecular weight is 319 g/mol. The molecular formula is C10H15BrN4OS. The summed E-state index contributed by atoms with van der Waals surface area (Å²) in [6.45, 7) is 3.48. The Morgan fingerprint density at radius 1 is 1.47 bits per heavy atom. The van der Waals surface area contributed by atoms with Gasteiger partial charge in [0.1, 0.15) is 0 Å². The Kier molecular flexibility index (Phi) is 4.33. The molecule has 0 aliphatic carbocycles. The molecule has 1 unspecified atom stereocenters. The van der Waals surface area contributed by atoms with Crippen molar-refractivity contribution in [1.29, 1.82) is 0 Å². The summed E-state index contributed by atoms with van der Waals surface area (Å²) >= 11 is 4.88. The zero-order valence-electron chi connectivity index (χ0n) is 9.65. The normalized spacial score (nSPS) is 21.1. The Labute approximate surface area is 113 Å². The van der Waals surface area contributed by atoms with Crippen molar-refractivity contribution >= 4 is 38.3 Å². The fraction of sp³-hybridized carbons (Fsp3) is 0.700. The van der Waals surface area contributed by atoms with Gasteiger partial charge in [-0.2, -0.15) is 0 Å². The Morgan fingerprint density at radius 2 is 2.29 bits per heavy atom. The molecule has 5 nitrogen and oxygen atoms in total. The summed E-state index contributed by atoms with van der Waals surface area (Å²) in [7, 11) is 0. The lowest BCUT2D eigenvalue weighted by molar-refractivity contribution is -0.119. The highest BCUT2D eigenvalue weighted by molar-refractivity contribution is 9.11. The molecule has 0 spiro atoms. The van der Waals surface area contributed by atoms with Crippen molar-refractivity contribution in [3.05, 3.63) is 3.92 Å². The number of anilines is 1. The third-order valence-electron chi connectivity index (χ3n) is 2.80. The van der Waals surface area contributed by atoms with Gasteiger partial charge in [-0.1, -0.05) is 11.3 Å². The van der Waals surface area contributed by atoms with Crippen molar-refractivity contribution in [1.82, 2.24) is 15.5 Å². The minimum absolute atomic E-state index is 0.0575. The molecule has 0 bridgehead atoms. The molecule has 0 radical (unpaired) electrons. The van der Waals surface area contributed by atoms with Crippen LogP contribution in [0.15, 0.2) is 3.92 Å². The number of carbonyl (C=O) groups is 1. The molecule has 1 N–H and O–H groups in total. The monoisotopic (exact) mass is 318 g/mol. The van der Waals surface area contributed by atoms with E-state index in [1.807, 2.05) is 0 Å². The Hall–Kier alpha value is -0.690. The maximum Gasteiger partial charge on any atom is 0.217 e. The van der Waals surface area contributed by atoms with Crippen LogP contribution < -0.4 is 10.2 Å². The first kappa shape index (κ1) is 12.8. The van der Waals surface area contributed by atoms with Gasteiger partial charge in [0.2, 0.25) is 11.0 Å². The van der Waals surface area contributed by atoms with Gasteiger partial charge >= 0.3 is 0 Å². The number of nitrogens with zero attached hydrogens (tertiary/aromatic N) is 3. The van der Waals surface area contributed by atoms with Gasteiger partial charge in [0, 0.05) is 26.1 Å². The van der Waals surface area contributed by atoms with Crippen molar-refractivity contribution in [2.45, 2.75) is 32.2 Å². The van der Waals surface area contributed by atoms with Crippen LogP contribution in [-0.4, -0.2) is 35.2 Å². The van der Waals surface area contributed by atoms with E-state index in [-0.39, 0.29) is 5.91 Å². The first-order valence-corrected chi connectivity index (χ1v) is 7.27. The SMILES string of the molecule is CC(=O)NC1CCCN(c2nnc(Br)s2)CC1. The van der Waals surface area contributed by atoms with Crippen LogP contribution in [0.1, 0.15) is 26.2 Å². The summed E-state index contributed by atoms with van der Waals surface area (Å²) in [6, 6.07) is 0.300. The van der Waals surface area contributed by atoms with Crippen LogP contribution in [0.25, 0.3) is 0 Å². The number of nitrogens with one attached hydrogen (secondary N) is 1. The lowest BCUT2D eigenvalue weighted by Gasteiger charge is -2.18. The van der Waals surface area contributed by atoms with Gasteiger partial charge in [0.25, 0.3) is 0 Å². The summed E-state index contributed by atoms with van der Waals surface area (Å²) in [4.78, 5) is 13.3. The Bertz CT molecular complexity index is 397. The van der Waals surface area contributed by atoms with E-state index in [2.05, 4.69) is 36.3 Å². The Balaban J connectivity index is 1.93. The molecule has 0 saturated carbocycles. The topological polar surface area (TPSA) is 58.1 Å². The molecule has 1 aliphatic rings. The van der Waals surface area contributed by atoms with Crippen LogP contribution >= 0.6 is 27.3 Å². The zero-order chi connectivity index (χ0) is 12.3. The van der Waals surface area contributed by atoms with Gasteiger partial charge < -0.3 is 10.2 Å². The number of rotatable bonds is 2. The number of amides is 1. The summed E-state index contributed by atoms with van der Waals surface area (Å²) < 4.78 is 0.815. The van der Waals surface area contributed by atoms with Crippen LogP contribution in [0, 0.1) is 0 Å². The summed E-state index contributed by atoms with van der Waals surface area (Å²) in [5.74, 6) is 0.0575. The van der Waals surface area contributed by atoms with E-state index < -0.39 is 0 Å². The lowest BCUT2D eigenvalue weighted by atomic mass is 10.1. The first-order chi connectivity index (χ1) is 8.15. The molecule has 1 aromatic heterocycles. The van der Waals surface area contributed by atoms with Gasteiger partial charge in [-0.3, -0.25) is 4.79 Å². The third kappa shape index (κ3) is 3.64. The second kappa shape index (κ2) is 5.77. The van der Waals surface area contributed by atoms with E-state index in [9.17, 15) is 4.79 Å². The third-order valence-corrected chi connectivity index (χ3v) is 4.21. The second-order valence-corrected chi connectivity index (χ2v) is 6.38. The maximum atomic E-state index is 11.0. The van der Waals surface area contributed by atoms with E-state index in [0.717, 1.165) is 41.4 Å². The minimum Gasteiger partial charge on any atom is -0.354 e. The van der Waals surface area contributed by atoms with Gasteiger partial charge in [0.15, 0.2) is 3.92 Å². The highest BCUT2D eigenvalue weighted by Gasteiger charge is 2.19. The largest absolute Gasteiger partial charge is 0.354 e. The highest BCUT2D eigenvalue weighted by atomic mass is 79.9. The molecule has 0 aromatic carbocycles. The predicted molar refractivity (Wildman–Crippen MR) is 71.3 cm³/mol. The molecule has 1 aromatic rings. The van der Waals surface area contributed by atoms with Crippen LogP contribution in [-0.2, 0) is 4.79 Å². The van der Waals surface area contributed by atoms with E-state index in [1.54, 1.807) is 18.3 Å². The number of hydrogen-bond donors (Lipinski definition) is 1. The summed E-state index contributed by atoms with van der Waals surface area (Å²) in [5.41, 5.74) is 0. The van der Waals surface area contributed by atoms with E-state index in [1.165, 1.54) is 0 Å². The zero-order valence-corrected chi connectivity index (χ0v) is 12.1. The summed E-state index contributed by atoms with van der Waals surface area (Å²) in [5, 5.41) is 12.0. The average Bonchev–Trinajstić information content (AvgIpc) is 2.56. The number of aromatic nitrogens is 2. The van der Waals surface area contributed by atoms with Crippen molar-refractivity contribution in [3.63, 3.8) is 0 Å². The quantitative estimate of drug-likeness (QED) is 0.903. The predicted octanol–water partition coefficient (Wildman–Crippen LogP) is 1.80. The molecule has 7 heteroatoms. The molecule has 1 atom stereocenters. The first-order valence-electron chi connectivity index (χ1n) is 5.66. The fourth-order valence-corrected chi connectivity index (χ4v) is 3.18.